The number of amides is 1. The molecule has 0 radical (unpaired) electrons. The lowest BCUT2D eigenvalue weighted by Crippen LogP contribution is -2.49. The van der Waals surface area contributed by atoms with Crippen molar-refractivity contribution in [3.05, 3.63) is 35.9 Å². The Morgan fingerprint density at radius 1 is 1.33 bits per heavy atom. The van der Waals surface area contributed by atoms with Gasteiger partial charge in [0, 0.05) is 25.7 Å². The third kappa shape index (κ3) is 2.93. The molecule has 3 rings (SSSR count). The summed E-state index contributed by atoms with van der Waals surface area (Å²) >= 11 is 0. The first-order valence-corrected chi connectivity index (χ1v) is 7.51. The van der Waals surface area contributed by atoms with Crippen LogP contribution in [0, 0.1) is 0 Å². The highest BCUT2D eigenvalue weighted by atomic mass is 16.2. The van der Waals surface area contributed by atoms with Crippen molar-refractivity contribution in [2.24, 2.45) is 4.99 Å². The number of nitrogens with one attached hydrogen (secondary N) is 2. The molecule has 5 heteroatoms. The maximum atomic E-state index is 12.3. The van der Waals surface area contributed by atoms with Crippen LogP contribution in [0.4, 0.5) is 0 Å². The van der Waals surface area contributed by atoms with Gasteiger partial charge in [0.2, 0.25) is 0 Å². The first kappa shape index (κ1) is 14.1. The zero-order valence-corrected chi connectivity index (χ0v) is 12.6. The molecule has 2 saturated heterocycles. The summed E-state index contributed by atoms with van der Waals surface area (Å²) in [5, 5.41) is 6.19. The van der Waals surface area contributed by atoms with Crippen molar-refractivity contribution in [2.45, 2.75) is 38.4 Å². The minimum Gasteiger partial charge on any atom is -0.340 e. The lowest BCUT2D eigenvalue weighted by molar-refractivity contribution is -0.123. The van der Waals surface area contributed by atoms with E-state index in [1.807, 2.05) is 19.9 Å². The normalized spacial score (nSPS) is 27.6. The molecule has 1 aromatic carbocycles. The quantitative estimate of drug-likeness (QED) is 0.875. The molecule has 1 aromatic rings. The molecule has 1 unspecified atom stereocenters. The van der Waals surface area contributed by atoms with Gasteiger partial charge in [-0.1, -0.05) is 30.3 Å². The van der Waals surface area contributed by atoms with Crippen LogP contribution in [0.25, 0.3) is 0 Å². The molecule has 1 atom stereocenters. The van der Waals surface area contributed by atoms with E-state index in [0.717, 1.165) is 26.1 Å². The van der Waals surface area contributed by atoms with Crippen LogP contribution in [0.5, 0.6) is 0 Å². The monoisotopic (exact) mass is 286 g/mol. The minimum atomic E-state index is -0.498. The summed E-state index contributed by atoms with van der Waals surface area (Å²) < 4.78 is 0. The molecule has 0 aromatic heterocycles. The lowest BCUT2D eigenvalue weighted by atomic mass is 9.99. The number of hydrogen-bond donors (Lipinski definition) is 2. The van der Waals surface area contributed by atoms with Crippen LogP contribution in [0.1, 0.15) is 25.8 Å². The molecular formula is C16H22N4O. The highest BCUT2D eigenvalue weighted by molar-refractivity contribution is 6.09. The number of benzene rings is 1. The Kier molecular flexibility index (Phi) is 3.68. The molecule has 1 amide bonds. The summed E-state index contributed by atoms with van der Waals surface area (Å²) in [4.78, 5) is 19.0. The van der Waals surface area contributed by atoms with Crippen LogP contribution < -0.4 is 10.6 Å². The average molecular weight is 286 g/mol. The lowest BCUT2D eigenvalue weighted by Gasteiger charge is -2.21. The van der Waals surface area contributed by atoms with Crippen LogP contribution in [0.15, 0.2) is 35.3 Å². The molecule has 1 spiro atoms. The van der Waals surface area contributed by atoms with E-state index in [1.54, 1.807) is 0 Å². The van der Waals surface area contributed by atoms with E-state index in [4.69, 9.17) is 0 Å². The molecule has 112 valence electrons. The number of hydrogen-bond acceptors (Lipinski definition) is 3. The van der Waals surface area contributed by atoms with Crippen molar-refractivity contribution < 1.29 is 4.79 Å². The van der Waals surface area contributed by atoms with E-state index >= 15 is 0 Å². The third-order valence-electron chi connectivity index (χ3n) is 4.01. The summed E-state index contributed by atoms with van der Waals surface area (Å²) in [6.07, 6.45) is 0.822. The Hall–Kier alpha value is -1.88. The van der Waals surface area contributed by atoms with Crippen molar-refractivity contribution in [2.75, 3.05) is 13.1 Å². The van der Waals surface area contributed by atoms with Crippen molar-refractivity contribution in [3.8, 4) is 0 Å². The second-order valence-corrected chi connectivity index (χ2v) is 6.18. The number of carbonyl (C=O) groups is 1. The van der Waals surface area contributed by atoms with Crippen LogP contribution in [0.2, 0.25) is 0 Å². The topological polar surface area (TPSA) is 56.7 Å². The summed E-state index contributed by atoms with van der Waals surface area (Å²) in [6, 6.07) is 10.5. The minimum absolute atomic E-state index is 0.0532. The second-order valence-electron chi connectivity index (χ2n) is 6.18. The van der Waals surface area contributed by atoms with Gasteiger partial charge in [-0.05, 0) is 25.8 Å². The molecule has 2 N–H and O–H groups in total. The summed E-state index contributed by atoms with van der Waals surface area (Å²) in [6.45, 7) is 6.54. The summed E-state index contributed by atoms with van der Waals surface area (Å²) in [7, 11) is 0. The fourth-order valence-electron chi connectivity index (χ4n) is 3.02. The number of likely N-dealkylation sites (tertiary alicyclic amines) is 1. The van der Waals surface area contributed by atoms with E-state index < -0.39 is 5.54 Å². The molecular weight excluding hydrogens is 264 g/mol. The van der Waals surface area contributed by atoms with Crippen LogP contribution in [0.3, 0.4) is 0 Å². The van der Waals surface area contributed by atoms with Gasteiger partial charge in [-0.25, -0.2) is 0 Å². The maximum Gasteiger partial charge on any atom is 0.253 e. The van der Waals surface area contributed by atoms with Gasteiger partial charge in [0.25, 0.3) is 5.91 Å². The van der Waals surface area contributed by atoms with E-state index in [9.17, 15) is 4.79 Å². The molecule has 0 bridgehead atoms. The maximum absolute atomic E-state index is 12.3. The van der Waals surface area contributed by atoms with Crippen molar-refractivity contribution in [1.29, 1.82) is 0 Å². The average Bonchev–Trinajstić information content (AvgIpc) is 2.95. The number of rotatable bonds is 3. The van der Waals surface area contributed by atoms with Gasteiger partial charge < -0.3 is 5.32 Å². The zero-order chi connectivity index (χ0) is 14.9. The van der Waals surface area contributed by atoms with E-state index in [0.29, 0.717) is 5.96 Å². The van der Waals surface area contributed by atoms with Crippen LogP contribution in [-0.2, 0) is 11.3 Å². The van der Waals surface area contributed by atoms with E-state index in [-0.39, 0.29) is 11.9 Å². The van der Waals surface area contributed by atoms with Crippen LogP contribution in [-0.4, -0.2) is 41.4 Å². The predicted octanol–water partition coefficient (Wildman–Crippen LogP) is 1.11. The highest BCUT2D eigenvalue weighted by Crippen LogP contribution is 2.26. The predicted molar refractivity (Wildman–Crippen MR) is 82.9 cm³/mol. The third-order valence-corrected chi connectivity index (χ3v) is 4.01. The Balaban J connectivity index is 1.67. The van der Waals surface area contributed by atoms with E-state index in [1.165, 1.54) is 5.56 Å². The summed E-state index contributed by atoms with van der Waals surface area (Å²) in [5.41, 5.74) is 0.784. The molecule has 2 fully saturated rings. The Morgan fingerprint density at radius 2 is 2.10 bits per heavy atom. The zero-order valence-electron chi connectivity index (χ0n) is 12.6. The number of nitrogens with zero attached hydrogens (tertiary/aromatic N) is 2. The van der Waals surface area contributed by atoms with Crippen molar-refractivity contribution >= 4 is 11.9 Å². The molecule has 2 heterocycles. The number of guanidine groups is 1. The Bertz CT molecular complexity index is 555. The first-order valence-electron chi connectivity index (χ1n) is 7.51. The SMILES string of the molecule is CC(C)N=C1NC(=O)C2(CCN(Cc3ccccc3)C2)N1. The first-order chi connectivity index (χ1) is 10.1. The van der Waals surface area contributed by atoms with Crippen molar-refractivity contribution in [1.82, 2.24) is 15.5 Å². The van der Waals surface area contributed by atoms with Gasteiger partial charge in [0.1, 0.15) is 5.54 Å². The molecule has 21 heavy (non-hydrogen) atoms. The standard InChI is InChI=1S/C16H22N4O/c1-12(2)17-15-18-14(21)16(19-15)8-9-20(11-16)10-13-6-4-3-5-7-13/h3-7,12H,8-11H2,1-2H3,(H2,17,18,19,21). The van der Waals surface area contributed by atoms with Gasteiger partial charge in [-0.2, -0.15) is 0 Å². The van der Waals surface area contributed by atoms with Gasteiger partial charge in [0.05, 0.1) is 0 Å². The molecule has 2 aliphatic heterocycles. The highest BCUT2D eigenvalue weighted by Gasteiger charge is 2.49. The smallest absolute Gasteiger partial charge is 0.253 e. The summed E-state index contributed by atoms with van der Waals surface area (Å²) in [5.74, 6) is 0.675. The van der Waals surface area contributed by atoms with Gasteiger partial charge in [-0.3, -0.25) is 20.0 Å². The molecule has 5 nitrogen and oxygen atoms in total. The molecule has 0 aliphatic carbocycles. The molecule has 0 saturated carbocycles. The number of carbonyl (C=O) groups excluding carboxylic acids is 1. The van der Waals surface area contributed by atoms with Crippen molar-refractivity contribution in [3.63, 3.8) is 0 Å². The van der Waals surface area contributed by atoms with Crippen LogP contribution >= 0.6 is 0 Å². The Morgan fingerprint density at radius 3 is 2.81 bits per heavy atom. The fourth-order valence-corrected chi connectivity index (χ4v) is 3.02. The number of aliphatic imine (C=N–C) groups is 1. The fraction of sp³-hybridized carbons (Fsp3) is 0.500. The van der Waals surface area contributed by atoms with Gasteiger partial charge >= 0.3 is 0 Å². The molecule has 2 aliphatic rings. The van der Waals surface area contributed by atoms with Gasteiger partial charge in [0.15, 0.2) is 5.96 Å². The largest absolute Gasteiger partial charge is 0.340 e. The Labute approximate surface area is 125 Å². The van der Waals surface area contributed by atoms with E-state index in [2.05, 4.69) is 44.8 Å². The second kappa shape index (κ2) is 5.48. The van der Waals surface area contributed by atoms with Gasteiger partial charge in [-0.15, -0.1) is 0 Å².